The minimum absolute atomic E-state index is 0.323. The second-order valence-corrected chi connectivity index (χ2v) is 4.36. The lowest BCUT2D eigenvalue weighted by Crippen LogP contribution is -2.23. The summed E-state index contributed by atoms with van der Waals surface area (Å²) >= 11 is 0. The first-order valence-corrected chi connectivity index (χ1v) is 6.08. The summed E-state index contributed by atoms with van der Waals surface area (Å²) in [6.07, 6.45) is 2.72. The molecular formula is C16H10FNO2. The molecule has 3 rings (SSSR count). The number of fused-ring (bicyclic) bond motifs is 1. The van der Waals surface area contributed by atoms with Crippen molar-refractivity contribution in [3.05, 3.63) is 77.2 Å². The molecule has 0 unspecified atom stereocenters. The molecule has 1 aliphatic rings. The Kier molecular flexibility index (Phi) is 2.91. The van der Waals surface area contributed by atoms with E-state index in [9.17, 15) is 14.0 Å². The maximum Gasteiger partial charge on any atom is 0.265 e. The third-order valence-electron chi connectivity index (χ3n) is 3.13. The van der Waals surface area contributed by atoms with Gasteiger partial charge in [-0.3, -0.25) is 9.59 Å². The van der Waals surface area contributed by atoms with Crippen LogP contribution in [-0.2, 0) is 0 Å². The number of rotatable bonds is 2. The average Bonchev–Trinajstić information content (AvgIpc) is 2.71. The van der Waals surface area contributed by atoms with E-state index in [1.54, 1.807) is 42.5 Å². The van der Waals surface area contributed by atoms with Crippen LogP contribution in [0.2, 0.25) is 0 Å². The zero-order chi connectivity index (χ0) is 14.1. The molecule has 0 fully saturated rings. The molecule has 3 nitrogen and oxygen atoms in total. The SMILES string of the molecule is O=C1c2ccccc2C(=O)N1/C=C/c1ccccc1F. The van der Waals surface area contributed by atoms with Gasteiger partial charge in [0.2, 0.25) is 0 Å². The van der Waals surface area contributed by atoms with Crippen LogP contribution < -0.4 is 0 Å². The molecule has 0 radical (unpaired) electrons. The number of halogens is 1. The number of benzene rings is 2. The Bertz CT molecular complexity index is 702. The standard InChI is InChI=1S/C16H10FNO2/c17-14-8-4-1-5-11(14)9-10-18-15(19)12-6-2-3-7-13(12)16(18)20/h1-10H/b10-9+. The maximum atomic E-state index is 13.5. The fourth-order valence-corrected chi connectivity index (χ4v) is 2.11. The Labute approximate surface area is 115 Å². The molecule has 0 saturated carbocycles. The number of hydrogen-bond acceptors (Lipinski definition) is 2. The van der Waals surface area contributed by atoms with Crippen molar-refractivity contribution in [2.45, 2.75) is 0 Å². The van der Waals surface area contributed by atoms with Gasteiger partial charge in [0.15, 0.2) is 0 Å². The second-order valence-electron chi connectivity index (χ2n) is 4.36. The highest BCUT2D eigenvalue weighted by atomic mass is 19.1. The summed E-state index contributed by atoms with van der Waals surface area (Å²) in [5, 5.41) is 0. The van der Waals surface area contributed by atoms with Crippen LogP contribution in [0.25, 0.3) is 6.08 Å². The first kappa shape index (κ1) is 12.3. The summed E-state index contributed by atoms with van der Waals surface area (Å²) in [6, 6.07) is 12.8. The molecule has 20 heavy (non-hydrogen) atoms. The van der Waals surface area contributed by atoms with Crippen molar-refractivity contribution >= 4 is 17.9 Å². The van der Waals surface area contributed by atoms with Crippen LogP contribution in [-0.4, -0.2) is 16.7 Å². The number of hydrogen-bond donors (Lipinski definition) is 0. The highest BCUT2D eigenvalue weighted by Gasteiger charge is 2.33. The fraction of sp³-hybridized carbons (Fsp3) is 0. The van der Waals surface area contributed by atoms with Crippen molar-refractivity contribution in [1.82, 2.24) is 4.90 Å². The summed E-state index contributed by atoms with van der Waals surface area (Å²) in [5.74, 6) is -1.18. The monoisotopic (exact) mass is 267 g/mol. The maximum absolute atomic E-state index is 13.5. The number of imide groups is 1. The van der Waals surface area contributed by atoms with E-state index >= 15 is 0 Å². The van der Waals surface area contributed by atoms with E-state index in [2.05, 4.69) is 0 Å². The van der Waals surface area contributed by atoms with Gasteiger partial charge in [-0.2, -0.15) is 0 Å². The predicted molar refractivity (Wildman–Crippen MR) is 72.4 cm³/mol. The molecule has 1 aliphatic heterocycles. The first-order valence-electron chi connectivity index (χ1n) is 6.08. The lowest BCUT2D eigenvalue weighted by atomic mass is 10.1. The van der Waals surface area contributed by atoms with Crippen molar-refractivity contribution in [3.8, 4) is 0 Å². The van der Waals surface area contributed by atoms with Gasteiger partial charge in [0.1, 0.15) is 5.82 Å². The van der Waals surface area contributed by atoms with Crippen molar-refractivity contribution in [3.63, 3.8) is 0 Å². The Morgan fingerprint density at radius 3 is 2.00 bits per heavy atom. The van der Waals surface area contributed by atoms with Crippen molar-refractivity contribution < 1.29 is 14.0 Å². The Hall–Kier alpha value is -2.75. The van der Waals surface area contributed by atoms with Gasteiger partial charge in [-0.15, -0.1) is 0 Å². The Morgan fingerprint density at radius 2 is 1.40 bits per heavy atom. The second kappa shape index (κ2) is 4.74. The van der Waals surface area contributed by atoms with E-state index in [1.165, 1.54) is 18.3 Å². The van der Waals surface area contributed by atoms with Crippen LogP contribution in [0.1, 0.15) is 26.3 Å². The molecule has 0 saturated heterocycles. The Balaban J connectivity index is 1.93. The lowest BCUT2D eigenvalue weighted by molar-refractivity contribution is 0.0722. The minimum Gasteiger partial charge on any atom is -0.268 e. The molecule has 2 amide bonds. The van der Waals surface area contributed by atoms with Gasteiger partial charge in [0.25, 0.3) is 11.8 Å². The summed E-state index contributed by atoms with van der Waals surface area (Å²) < 4.78 is 13.5. The Morgan fingerprint density at radius 1 is 0.850 bits per heavy atom. The zero-order valence-electron chi connectivity index (χ0n) is 10.4. The average molecular weight is 267 g/mol. The quantitative estimate of drug-likeness (QED) is 0.784. The predicted octanol–water partition coefficient (Wildman–Crippen LogP) is 3.09. The molecule has 1 heterocycles. The molecule has 0 aliphatic carbocycles. The summed E-state index contributed by atoms with van der Waals surface area (Å²) in [5.41, 5.74) is 1.07. The largest absolute Gasteiger partial charge is 0.268 e. The van der Waals surface area contributed by atoms with E-state index in [4.69, 9.17) is 0 Å². The molecule has 0 aromatic heterocycles. The van der Waals surface area contributed by atoms with Crippen LogP contribution in [0, 0.1) is 5.82 Å². The zero-order valence-corrected chi connectivity index (χ0v) is 10.4. The summed E-state index contributed by atoms with van der Waals surface area (Å²) in [6.45, 7) is 0. The van der Waals surface area contributed by atoms with Crippen LogP contribution in [0.15, 0.2) is 54.7 Å². The normalized spacial score (nSPS) is 14.2. The van der Waals surface area contributed by atoms with E-state index in [0.717, 1.165) is 4.90 Å². The van der Waals surface area contributed by atoms with Crippen molar-refractivity contribution in [2.75, 3.05) is 0 Å². The van der Waals surface area contributed by atoms with Crippen LogP contribution >= 0.6 is 0 Å². The van der Waals surface area contributed by atoms with Gasteiger partial charge in [-0.05, 0) is 24.3 Å². The fourth-order valence-electron chi connectivity index (χ4n) is 2.11. The van der Waals surface area contributed by atoms with E-state index in [0.29, 0.717) is 16.7 Å². The van der Waals surface area contributed by atoms with E-state index in [1.807, 2.05) is 0 Å². The van der Waals surface area contributed by atoms with Gasteiger partial charge in [-0.25, -0.2) is 9.29 Å². The van der Waals surface area contributed by atoms with Gasteiger partial charge >= 0.3 is 0 Å². The smallest absolute Gasteiger partial charge is 0.265 e. The van der Waals surface area contributed by atoms with Gasteiger partial charge < -0.3 is 0 Å². The highest BCUT2D eigenvalue weighted by molar-refractivity contribution is 6.22. The molecule has 0 N–H and O–H groups in total. The number of carbonyl (C=O) groups excluding carboxylic acids is 2. The van der Waals surface area contributed by atoms with Gasteiger partial charge in [0, 0.05) is 11.8 Å². The van der Waals surface area contributed by atoms with Crippen LogP contribution in [0.4, 0.5) is 4.39 Å². The minimum atomic E-state index is -0.402. The molecular weight excluding hydrogens is 257 g/mol. The topological polar surface area (TPSA) is 37.4 Å². The van der Waals surface area contributed by atoms with E-state index in [-0.39, 0.29) is 0 Å². The highest BCUT2D eigenvalue weighted by Crippen LogP contribution is 2.23. The van der Waals surface area contributed by atoms with Crippen LogP contribution in [0.3, 0.4) is 0 Å². The van der Waals surface area contributed by atoms with E-state index < -0.39 is 17.6 Å². The first-order chi connectivity index (χ1) is 9.68. The van der Waals surface area contributed by atoms with Gasteiger partial charge in [0.05, 0.1) is 11.1 Å². The summed E-state index contributed by atoms with van der Waals surface area (Å²) in [7, 11) is 0. The molecule has 4 heteroatoms. The lowest BCUT2D eigenvalue weighted by Gasteiger charge is -2.07. The van der Waals surface area contributed by atoms with Crippen LogP contribution in [0.5, 0.6) is 0 Å². The molecule has 0 spiro atoms. The molecule has 98 valence electrons. The molecule has 0 bridgehead atoms. The number of amides is 2. The van der Waals surface area contributed by atoms with Crippen molar-refractivity contribution in [1.29, 1.82) is 0 Å². The summed E-state index contributed by atoms with van der Waals surface area (Å²) in [4.78, 5) is 25.1. The van der Waals surface area contributed by atoms with Crippen molar-refractivity contribution in [2.24, 2.45) is 0 Å². The number of nitrogens with zero attached hydrogens (tertiary/aromatic N) is 1. The van der Waals surface area contributed by atoms with Gasteiger partial charge in [-0.1, -0.05) is 30.3 Å². The molecule has 2 aromatic rings. The third-order valence-corrected chi connectivity index (χ3v) is 3.13. The molecule has 0 atom stereocenters. The molecule has 2 aromatic carbocycles. The number of carbonyl (C=O) groups is 2. The third kappa shape index (κ3) is 1.91.